The molecule has 1 aromatic heterocycles. The predicted octanol–water partition coefficient (Wildman–Crippen LogP) is 2.03. The smallest absolute Gasteiger partial charge is 0.325 e. The predicted molar refractivity (Wildman–Crippen MR) is 97.2 cm³/mol. The Kier molecular flexibility index (Phi) is 4.59. The number of carbonyl (C=O) groups is 1. The summed E-state index contributed by atoms with van der Waals surface area (Å²) in [5, 5.41) is 21.2. The van der Waals surface area contributed by atoms with E-state index in [0.29, 0.717) is 22.9 Å². The zero-order chi connectivity index (χ0) is 18.8. The van der Waals surface area contributed by atoms with Gasteiger partial charge in [0.2, 0.25) is 5.69 Å². The van der Waals surface area contributed by atoms with Crippen LogP contribution in [0.2, 0.25) is 0 Å². The summed E-state index contributed by atoms with van der Waals surface area (Å²) in [7, 11) is 3.64. The number of pyridine rings is 1. The lowest BCUT2D eigenvalue weighted by molar-refractivity contribution is -0.910. The molecular formula is C19H21N5O2+2. The highest BCUT2D eigenvalue weighted by Gasteiger charge is 2.36. The fourth-order valence-electron chi connectivity index (χ4n) is 2.83. The van der Waals surface area contributed by atoms with Crippen molar-refractivity contribution in [3.63, 3.8) is 0 Å². The minimum absolute atomic E-state index is 0.156. The number of likely N-dealkylation sites (N-methyl/N-ethyl adjacent to an activating group) is 1. The summed E-state index contributed by atoms with van der Waals surface area (Å²) in [5.74, 6) is -0.133. The van der Waals surface area contributed by atoms with Crippen LogP contribution < -0.4 is 10.0 Å². The molecule has 0 spiro atoms. The van der Waals surface area contributed by atoms with Gasteiger partial charge in [0.25, 0.3) is 6.57 Å². The highest BCUT2D eigenvalue weighted by molar-refractivity contribution is 6.11. The van der Waals surface area contributed by atoms with Crippen LogP contribution in [0, 0.1) is 12.0 Å². The Morgan fingerprint density at radius 2 is 2.15 bits per heavy atom. The van der Waals surface area contributed by atoms with E-state index in [1.165, 1.54) is 6.20 Å². The van der Waals surface area contributed by atoms with Gasteiger partial charge in [-0.3, -0.25) is 15.4 Å². The van der Waals surface area contributed by atoms with Crippen LogP contribution in [0.3, 0.4) is 0 Å². The number of carbonyl (C=O) groups excluding carboxylic acids is 1. The van der Waals surface area contributed by atoms with Crippen molar-refractivity contribution >= 4 is 11.6 Å². The monoisotopic (exact) mass is 351 g/mol. The maximum Gasteiger partial charge on any atom is 0.325 e. The third-order valence-electron chi connectivity index (χ3n) is 4.33. The van der Waals surface area contributed by atoms with E-state index in [4.69, 9.17) is 12.0 Å². The summed E-state index contributed by atoms with van der Waals surface area (Å²) in [6, 6.07) is 5.16. The van der Waals surface area contributed by atoms with Gasteiger partial charge in [-0.25, -0.2) is 0 Å². The third-order valence-corrected chi connectivity index (χ3v) is 4.33. The quantitative estimate of drug-likeness (QED) is 0.573. The molecule has 26 heavy (non-hydrogen) atoms. The number of aromatic nitrogens is 1. The summed E-state index contributed by atoms with van der Waals surface area (Å²) in [4.78, 5) is 18.0. The lowest BCUT2D eigenvalue weighted by Gasteiger charge is -2.23. The number of nitrogens with zero attached hydrogens (tertiary/aromatic N) is 3. The van der Waals surface area contributed by atoms with E-state index in [2.05, 4.69) is 10.2 Å². The molecule has 0 radical (unpaired) electrons. The van der Waals surface area contributed by atoms with Gasteiger partial charge in [-0.15, -0.1) is 0 Å². The fraction of sp³-hybridized carbons (Fsp3) is 0.263. The first-order valence-corrected chi connectivity index (χ1v) is 8.28. The van der Waals surface area contributed by atoms with Crippen LogP contribution in [0.15, 0.2) is 53.5 Å². The van der Waals surface area contributed by atoms with Crippen molar-refractivity contribution < 1.29 is 14.7 Å². The molecular weight excluding hydrogens is 330 g/mol. The maximum absolute atomic E-state index is 12.7. The first-order chi connectivity index (χ1) is 12.4. The molecule has 1 fully saturated rings. The molecule has 2 aliphatic carbocycles. The minimum Gasteiger partial charge on any atom is -0.376 e. The summed E-state index contributed by atoms with van der Waals surface area (Å²) >= 11 is 0. The Morgan fingerprint density at radius 1 is 1.42 bits per heavy atom. The van der Waals surface area contributed by atoms with Crippen molar-refractivity contribution in [3.05, 3.63) is 69.8 Å². The van der Waals surface area contributed by atoms with E-state index in [1.807, 2.05) is 20.2 Å². The van der Waals surface area contributed by atoms with Crippen LogP contribution in [0.4, 0.5) is 0 Å². The van der Waals surface area contributed by atoms with Crippen LogP contribution >= 0.6 is 0 Å². The average molecular weight is 351 g/mol. The molecule has 0 unspecified atom stereocenters. The number of hydrogen-bond acceptors (Lipinski definition) is 4. The molecule has 2 aliphatic rings. The van der Waals surface area contributed by atoms with Crippen molar-refractivity contribution in [1.29, 1.82) is 5.41 Å². The van der Waals surface area contributed by atoms with Gasteiger partial charge in [0.05, 0.1) is 22.7 Å². The van der Waals surface area contributed by atoms with Crippen molar-refractivity contribution in [3.8, 4) is 6.57 Å². The Morgan fingerprint density at radius 3 is 2.77 bits per heavy atom. The summed E-state index contributed by atoms with van der Waals surface area (Å²) in [5.41, 5.74) is 2.79. The van der Waals surface area contributed by atoms with Gasteiger partial charge in [0, 0.05) is 36.9 Å². The second-order valence-corrected chi connectivity index (χ2v) is 6.51. The number of allylic oxidation sites excluding steroid dienone is 3. The van der Waals surface area contributed by atoms with Crippen LogP contribution in [0.5, 0.6) is 0 Å². The standard InChI is InChI=1S/C19H20N5O2/c1-21-11-13-9-15(18(23(2)3)10-14(13)20)22-19(25)17-6-4-5-16(24(17)26)12-7-8-12/h1,4-6,9-12,20H,7-8H2,2-3H3,(H-,22,25,26)/q+1/p+1/b13-11-,20-14?. The Bertz CT molecular complexity index is 914. The maximum atomic E-state index is 12.7. The molecule has 7 heteroatoms. The molecule has 3 rings (SSSR count). The molecule has 0 saturated heterocycles. The SMILES string of the molecule is C#[N+]/C=C1/C=C(NC(=O)c2cccc(C3CC3)[n+]2O)C(N(C)C)=CC1=N. The number of nitrogens with one attached hydrogen (secondary N) is 2. The lowest BCUT2D eigenvalue weighted by Crippen LogP contribution is -2.45. The molecule has 0 bridgehead atoms. The Balaban J connectivity index is 1.92. The van der Waals surface area contributed by atoms with Crippen molar-refractivity contribution in [2.45, 2.75) is 18.8 Å². The Hall–Kier alpha value is -3.40. The van der Waals surface area contributed by atoms with Gasteiger partial charge in [-0.1, -0.05) is 0 Å². The number of hydrogen-bond donors (Lipinski definition) is 3. The van der Waals surface area contributed by atoms with Crippen LogP contribution in [-0.4, -0.2) is 35.8 Å². The van der Waals surface area contributed by atoms with Gasteiger partial charge < -0.3 is 10.2 Å². The van der Waals surface area contributed by atoms with E-state index in [-0.39, 0.29) is 11.4 Å². The minimum atomic E-state index is -0.438. The molecule has 1 aromatic rings. The van der Waals surface area contributed by atoms with Crippen LogP contribution in [0.25, 0.3) is 4.85 Å². The van der Waals surface area contributed by atoms with Crippen molar-refractivity contribution in [2.24, 2.45) is 0 Å². The van der Waals surface area contributed by atoms with Gasteiger partial charge in [-0.2, -0.15) is 0 Å². The highest BCUT2D eigenvalue weighted by Crippen LogP contribution is 2.38. The molecule has 132 valence electrons. The van der Waals surface area contributed by atoms with Crippen LogP contribution in [0.1, 0.15) is 34.9 Å². The molecule has 1 saturated carbocycles. The second-order valence-electron chi connectivity index (χ2n) is 6.51. The normalized spacial score (nSPS) is 18.0. The molecule has 7 nitrogen and oxygen atoms in total. The van der Waals surface area contributed by atoms with Crippen LogP contribution in [-0.2, 0) is 0 Å². The first-order valence-electron chi connectivity index (χ1n) is 8.28. The zero-order valence-electron chi connectivity index (χ0n) is 14.7. The third kappa shape index (κ3) is 3.35. The first kappa shape index (κ1) is 17.4. The second kappa shape index (κ2) is 6.84. The summed E-state index contributed by atoms with van der Waals surface area (Å²) < 4.78 is 0.962. The largest absolute Gasteiger partial charge is 0.376 e. The molecule has 1 heterocycles. The van der Waals surface area contributed by atoms with Gasteiger partial charge >= 0.3 is 17.8 Å². The van der Waals surface area contributed by atoms with Gasteiger partial charge in [-0.05, 0) is 35.9 Å². The molecule has 1 amide bonds. The number of rotatable bonds is 4. The van der Waals surface area contributed by atoms with Gasteiger partial charge in [0.1, 0.15) is 0 Å². The zero-order valence-corrected chi connectivity index (χ0v) is 14.7. The average Bonchev–Trinajstić information content (AvgIpc) is 3.42. The summed E-state index contributed by atoms with van der Waals surface area (Å²) in [6.07, 6.45) is 6.66. The highest BCUT2D eigenvalue weighted by atomic mass is 16.5. The Labute approximate surface area is 151 Å². The van der Waals surface area contributed by atoms with E-state index >= 15 is 0 Å². The van der Waals surface area contributed by atoms with Crippen molar-refractivity contribution in [2.75, 3.05) is 14.1 Å². The van der Waals surface area contributed by atoms with E-state index in [1.54, 1.807) is 29.2 Å². The lowest BCUT2D eigenvalue weighted by atomic mass is 10.0. The molecule has 0 atom stereocenters. The van der Waals surface area contributed by atoms with E-state index in [9.17, 15) is 10.0 Å². The van der Waals surface area contributed by atoms with Crippen molar-refractivity contribution in [1.82, 2.24) is 10.2 Å². The van der Waals surface area contributed by atoms with Gasteiger partial charge in [0.15, 0.2) is 0 Å². The molecule has 3 N–H and O–H groups in total. The molecule has 0 aliphatic heterocycles. The summed E-state index contributed by atoms with van der Waals surface area (Å²) in [6.45, 7) is 5.19. The topological polar surface area (TPSA) is 84.7 Å². The number of amides is 1. The fourth-order valence-corrected chi connectivity index (χ4v) is 2.83. The van der Waals surface area contributed by atoms with E-state index < -0.39 is 5.91 Å². The molecule has 0 aromatic carbocycles. The van der Waals surface area contributed by atoms with E-state index in [0.717, 1.165) is 23.3 Å².